The zero-order chi connectivity index (χ0) is 22.7. The molecule has 2 aliphatic heterocycles. The molecule has 0 radical (unpaired) electrons. The van der Waals surface area contributed by atoms with Crippen molar-refractivity contribution in [2.24, 2.45) is 10.9 Å². The number of ether oxygens (including phenoxy) is 3. The second-order valence-corrected chi connectivity index (χ2v) is 8.15. The van der Waals surface area contributed by atoms with Crippen LogP contribution in [0.2, 0.25) is 0 Å². The van der Waals surface area contributed by atoms with Gasteiger partial charge < -0.3 is 19.1 Å². The number of carbonyl (C=O) groups is 2. The fourth-order valence-electron chi connectivity index (χ4n) is 3.55. The minimum atomic E-state index is -0.515. The largest absolute Gasteiger partial charge is 0.493 e. The molecule has 0 atom stereocenters. The third-order valence-electron chi connectivity index (χ3n) is 5.18. The lowest BCUT2D eigenvalue weighted by Crippen LogP contribution is -2.23. The lowest BCUT2D eigenvalue weighted by molar-refractivity contribution is -0.130. The number of rotatable bonds is 7. The number of hydrogen-bond donors (Lipinski definition) is 0. The molecule has 2 heterocycles. The van der Waals surface area contributed by atoms with Gasteiger partial charge in [-0.2, -0.15) is 0 Å². The SMILES string of the molecule is COc1ccc(/C=C2\N=C(c3ccc(N4CCCC4=O)cc3)OC2=O)cc1OCC(C)C. The zero-order valence-corrected chi connectivity index (χ0v) is 18.5. The lowest BCUT2D eigenvalue weighted by Gasteiger charge is -2.15. The smallest absolute Gasteiger partial charge is 0.363 e. The van der Waals surface area contributed by atoms with E-state index in [1.54, 1.807) is 36.3 Å². The maximum atomic E-state index is 12.4. The van der Waals surface area contributed by atoms with Crippen molar-refractivity contribution in [2.75, 3.05) is 25.2 Å². The van der Waals surface area contributed by atoms with Crippen LogP contribution in [-0.2, 0) is 14.3 Å². The van der Waals surface area contributed by atoms with Crippen LogP contribution in [0, 0.1) is 5.92 Å². The molecular formula is C25H26N2O5. The molecular weight excluding hydrogens is 408 g/mol. The summed E-state index contributed by atoms with van der Waals surface area (Å²) in [4.78, 5) is 30.5. The van der Waals surface area contributed by atoms with Gasteiger partial charge in [-0.3, -0.25) is 4.79 Å². The number of anilines is 1. The zero-order valence-electron chi connectivity index (χ0n) is 18.5. The van der Waals surface area contributed by atoms with Crippen molar-refractivity contribution in [1.82, 2.24) is 0 Å². The molecule has 7 heteroatoms. The van der Waals surface area contributed by atoms with Crippen LogP contribution < -0.4 is 14.4 Å². The first-order valence-electron chi connectivity index (χ1n) is 10.7. The number of cyclic esters (lactones) is 1. The Labute approximate surface area is 187 Å². The van der Waals surface area contributed by atoms with E-state index < -0.39 is 5.97 Å². The van der Waals surface area contributed by atoms with E-state index in [1.165, 1.54) is 0 Å². The third-order valence-corrected chi connectivity index (χ3v) is 5.18. The van der Waals surface area contributed by atoms with Crippen LogP contribution in [0.1, 0.15) is 37.8 Å². The Balaban J connectivity index is 1.55. The van der Waals surface area contributed by atoms with Gasteiger partial charge in [0.1, 0.15) is 0 Å². The van der Waals surface area contributed by atoms with Crippen molar-refractivity contribution < 1.29 is 23.8 Å². The number of aliphatic imine (C=N–C) groups is 1. The molecule has 2 aliphatic rings. The van der Waals surface area contributed by atoms with Crippen LogP contribution in [0.5, 0.6) is 11.5 Å². The minimum absolute atomic E-state index is 0.129. The Kier molecular flexibility index (Phi) is 6.25. The Bertz CT molecular complexity index is 1090. The standard InChI is InChI=1S/C25H26N2O5/c1-16(2)15-31-22-14-17(6-11-21(22)30-3)13-20-25(29)32-24(26-20)18-7-9-19(10-8-18)27-12-4-5-23(27)28/h6-11,13-14,16H,4-5,12,15H2,1-3H3/b20-13-. The van der Waals surface area contributed by atoms with E-state index in [9.17, 15) is 9.59 Å². The summed E-state index contributed by atoms with van der Waals surface area (Å²) in [6.45, 7) is 5.42. The molecule has 0 N–H and O–H groups in total. The molecule has 0 aliphatic carbocycles. The number of esters is 1. The predicted octanol–water partition coefficient (Wildman–Crippen LogP) is 4.20. The van der Waals surface area contributed by atoms with Crippen molar-refractivity contribution in [1.29, 1.82) is 0 Å². The number of benzene rings is 2. The average Bonchev–Trinajstić information content (AvgIpc) is 3.38. The second-order valence-electron chi connectivity index (χ2n) is 8.15. The van der Waals surface area contributed by atoms with Crippen molar-refractivity contribution in [2.45, 2.75) is 26.7 Å². The van der Waals surface area contributed by atoms with Gasteiger partial charge in [-0.05, 0) is 60.4 Å². The molecule has 7 nitrogen and oxygen atoms in total. The Hall–Kier alpha value is -3.61. The maximum Gasteiger partial charge on any atom is 0.363 e. The van der Waals surface area contributed by atoms with E-state index in [0.717, 1.165) is 24.2 Å². The summed E-state index contributed by atoms with van der Waals surface area (Å²) in [6, 6.07) is 12.7. The van der Waals surface area contributed by atoms with Crippen LogP contribution in [0.3, 0.4) is 0 Å². The predicted molar refractivity (Wildman–Crippen MR) is 122 cm³/mol. The highest BCUT2D eigenvalue weighted by atomic mass is 16.6. The number of carbonyl (C=O) groups excluding carboxylic acids is 2. The fourth-order valence-corrected chi connectivity index (χ4v) is 3.55. The fraction of sp³-hybridized carbons (Fsp3) is 0.320. The molecule has 2 aromatic carbocycles. The Morgan fingerprint density at radius 1 is 1.12 bits per heavy atom. The highest BCUT2D eigenvalue weighted by Crippen LogP contribution is 2.30. The molecule has 0 spiro atoms. The molecule has 1 saturated heterocycles. The molecule has 1 amide bonds. The molecule has 0 saturated carbocycles. The van der Waals surface area contributed by atoms with Crippen LogP contribution in [0.25, 0.3) is 6.08 Å². The maximum absolute atomic E-state index is 12.4. The van der Waals surface area contributed by atoms with Gasteiger partial charge in [0.15, 0.2) is 17.2 Å². The van der Waals surface area contributed by atoms with Crippen LogP contribution in [0.4, 0.5) is 5.69 Å². The molecule has 0 bridgehead atoms. The van der Waals surface area contributed by atoms with E-state index in [4.69, 9.17) is 14.2 Å². The summed E-state index contributed by atoms with van der Waals surface area (Å²) >= 11 is 0. The molecule has 0 aromatic heterocycles. The topological polar surface area (TPSA) is 77.4 Å². The van der Waals surface area contributed by atoms with Crippen molar-refractivity contribution in [3.8, 4) is 11.5 Å². The quantitative estimate of drug-likeness (QED) is 0.482. The van der Waals surface area contributed by atoms with Gasteiger partial charge in [-0.25, -0.2) is 9.79 Å². The van der Waals surface area contributed by atoms with Crippen LogP contribution in [-0.4, -0.2) is 38.0 Å². The number of hydrogen-bond acceptors (Lipinski definition) is 6. The summed E-state index contributed by atoms with van der Waals surface area (Å²) < 4.78 is 16.6. The van der Waals surface area contributed by atoms with E-state index in [1.807, 2.05) is 24.3 Å². The van der Waals surface area contributed by atoms with Gasteiger partial charge in [0.2, 0.25) is 11.8 Å². The molecule has 4 rings (SSSR count). The van der Waals surface area contributed by atoms with E-state index in [2.05, 4.69) is 18.8 Å². The van der Waals surface area contributed by atoms with Gasteiger partial charge in [0.05, 0.1) is 13.7 Å². The highest BCUT2D eigenvalue weighted by Gasteiger charge is 2.25. The summed E-state index contributed by atoms with van der Waals surface area (Å²) in [6.07, 6.45) is 3.11. The Morgan fingerprint density at radius 2 is 1.91 bits per heavy atom. The van der Waals surface area contributed by atoms with Crippen molar-refractivity contribution in [3.63, 3.8) is 0 Å². The van der Waals surface area contributed by atoms with Gasteiger partial charge >= 0.3 is 5.97 Å². The third kappa shape index (κ3) is 4.66. The van der Waals surface area contributed by atoms with Crippen LogP contribution in [0.15, 0.2) is 53.2 Å². The van der Waals surface area contributed by atoms with Crippen molar-refractivity contribution >= 4 is 29.5 Å². The molecule has 0 unspecified atom stereocenters. The summed E-state index contributed by atoms with van der Waals surface area (Å²) in [5, 5.41) is 0. The molecule has 32 heavy (non-hydrogen) atoms. The van der Waals surface area contributed by atoms with Gasteiger partial charge in [0.25, 0.3) is 0 Å². The van der Waals surface area contributed by atoms with E-state index >= 15 is 0 Å². The van der Waals surface area contributed by atoms with Gasteiger partial charge in [-0.1, -0.05) is 19.9 Å². The average molecular weight is 434 g/mol. The Morgan fingerprint density at radius 3 is 2.56 bits per heavy atom. The first kappa shape index (κ1) is 21.6. The van der Waals surface area contributed by atoms with E-state index in [-0.39, 0.29) is 17.5 Å². The monoisotopic (exact) mass is 434 g/mol. The summed E-state index contributed by atoms with van der Waals surface area (Å²) in [7, 11) is 1.59. The number of methoxy groups -OCH3 is 1. The van der Waals surface area contributed by atoms with Crippen molar-refractivity contribution in [3.05, 3.63) is 59.3 Å². The van der Waals surface area contributed by atoms with Crippen LogP contribution >= 0.6 is 0 Å². The minimum Gasteiger partial charge on any atom is -0.493 e. The molecule has 1 fully saturated rings. The molecule has 166 valence electrons. The van der Waals surface area contributed by atoms with Gasteiger partial charge in [0, 0.05) is 24.2 Å². The molecule has 2 aromatic rings. The van der Waals surface area contributed by atoms with E-state index in [0.29, 0.717) is 36.0 Å². The first-order valence-corrected chi connectivity index (χ1v) is 10.7. The normalized spacial score (nSPS) is 17.2. The highest BCUT2D eigenvalue weighted by molar-refractivity contribution is 6.13. The van der Waals surface area contributed by atoms with Gasteiger partial charge in [-0.15, -0.1) is 0 Å². The first-order chi connectivity index (χ1) is 15.4. The lowest BCUT2D eigenvalue weighted by atomic mass is 10.1. The number of nitrogens with zero attached hydrogens (tertiary/aromatic N) is 2. The summed E-state index contributed by atoms with van der Waals surface area (Å²) in [5.41, 5.74) is 2.47. The second kappa shape index (κ2) is 9.26. The summed E-state index contributed by atoms with van der Waals surface area (Å²) in [5.74, 6) is 1.46. The number of amides is 1.